The Morgan fingerprint density at radius 1 is 0.971 bits per heavy atom. The van der Waals surface area contributed by atoms with Gasteiger partial charge in [0.25, 0.3) is 0 Å². The Labute approximate surface area is 202 Å². The topological polar surface area (TPSA) is 89.7 Å². The van der Waals surface area contributed by atoms with Crippen LogP contribution in [0.4, 0.5) is 5.69 Å². The van der Waals surface area contributed by atoms with Crippen LogP contribution >= 0.6 is 0 Å². The standard InChI is InChI=1S/C27H26N4O4/c32-27(33)22-17-21(18-8-10-19(11-9-18)30-12-15-34-16-13-30)24-25(23-7-4-14-35-23)29-31(26(24)28-22)20-5-2-1-3-6-20/h1-3,5-6,8-11,17,23H,4,7,12-16H2,(H,32,33). The van der Waals surface area contributed by atoms with Crippen LogP contribution in [0.5, 0.6) is 0 Å². The highest BCUT2D eigenvalue weighted by Crippen LogP contribution is 2.39. The van der Waals surface area contributed by atoms with Crippen molar-refractivity contribution >= 4 is 22.7 Å². The summed E-state index contributed by atoms with van der Waals surface area (Å²) in [5.74, 6) is -1.07. The third kappa shape index (κ3) is 4.05. The van der Waals surface area contributed by atoms with E-state index in [2.05, 4.69) is 22.0 Å². The minimum absolute atomic E-state index is 0.0132. The number of ether oxygens (including phenoxy) is 2. The van der Waals surface area contributed by atoms with E-state index in [9.17, 15) is 9.90 Å². The fourth-order valence-electron chi connectivity index (χ4n) is 4.92. The molecule has 0 aliphatic carbocycles. The van der Waals surface area contributed by atoms with Gasteiger partial charge in [0.05, 0.1) is 24.3 Å². The fraction of sp³-hybridized carbons (Fsp3) is 0.296. The molecule has 6 rings (SSSR count). The molecule has 4 aromatic rings. The third-order valence-electron chi connectivity index (χ3n) is 6.67. The van der Waals surface area contributed by atoms with Crippen LogP contribution in [-0.4, -0.2) is 58.8 Å². The Hall–Kier alpha value is -3.75. The van der Waals surface area contributed by atoms with E-state index >= 15 is 0 Å². The minimum Gasteiger partial charge on any atom is -0.477 e. The maximum absolute atomic E-state index is 12.1. The minimum atomic E-state index is -1.07. The summed E-state index contributed by atoms with van der Waals surface area (Å²) >= 11 is 0. The number of hydrogen-bond donors (Lipinski definition) is 1. The van der Waals surface area contributed by atoms with Crippen molar-refractivity contribution < 1.29 is 19.4 Å². The Balaban J connectivity index is 1.55. The molecule has 2 aliphatic rings. The molecule has 178 valence electrons. The van der Waals surface area contributed by atoms with E-state index in [1.54, 1.807) is 10.7 Å². The van der Waals surface area contributed by atoms with E-state index in [-0.39, 0.29) is 11.8 Å². The number of para-hydroxylation sites is 1. The number of hydrogen-bond acceptors (Lipinski definition) is 6. The van der Waals surface area contributed by atoms with Crippen LogP contribution in [0.3, 0.4) is 0 Å². The first kappa shape index (κ1) is 21.8. The fourth-order valence-corrected chi connectivity index (χ4v) is 4.92. The van der Waals surface area contributed by atoms with Gasteiger partial charge in [0.2, 0.25) is 0 Å². The molecule has 8 heteroatoms. The van der Waals surface area contributed by atoms with Crippen molar-refractivity contribution in [3.8, 4) is 16.8 Å². The summed E-state index contributed by atoms with van der Waals surface area (Å²) in [4.78, 5) is 18.9. The van der Waals surface area contributed by atoms with Crippen molar-refractivity contribution in [1.82, 2.24) is 14.8 Å². The van der Waals surface area contributed by atoms with Crippen LogP contribution in [0, 0.1) is 0 Å². The quantitative estimate of drug-likeness (QED) is 0.460. The van der Waals surface area contributed by atoms with Gasteiger partial charge in [-0.25, -0.2) is 14.5 Å². The van der Waals surface area contributed by atoms with E-state index in [0.717, 1.165) is 72.7 Å². The number of rotatable bonds is 5. The average molecular weight is 471 g/mol. The van der Waals surface area contributed by atoms with Crippen LogP contribution < -0.4 is 4.90 Å². The lowest BCUT2D eigenvalue weighted by Gasteiger charge is -2.29. The highest BCUT2D eigenvalue weighted by Gasteiger charge is 2.28. The zero-order valence-corrected chi connectivity index (χ0v) is 19.3. The lowest BCUT2D eigenvalue weighted by Crippen LogP contribution is -2.36. The van der Waals surface area contributed by atoms with E-state index in [1.165, 1.54) is 0 Å². The maximum Gasteiger partial charge on any atom is 0.354 e. The molecule has 2 aromatic heterocycles. The van der Waals surface area contributed by atoms with E-state index in [0.29, 0.717) is 12.3 Å². The van der Waals surface area contributed by atoms with Crippen LogP contribution in [0.15, 0.2) is 60.7 Å². The van der Waals surface area contributed by atoms with Gasteiger partial charge in [-0.2, -0.15) is 5.10 Å². The summed E-state index contributed by atoms with van der Waals surface area (Å²) in [6.07, 6.45) is 1.69. The van der Waals surface area contributed by atoms with Crippen molar-refractivity contribution in [3.05, 3.63) is 72.1 Å². The monoisotopic (exact) mass is 470 g/mol. The molecule has 2 aliphatic heterocycles. The lowest BCUT2D eigenvalue weighted by molar-refractivity contribution is 0.0691. The van der Waals surface area contributed by atoms with Gasteiger partial charge in [0, 0.05) is 25.4 Å². The van der Waals surface area contributed by atoms with Crippen molar-refractivity contribution in [2.45, 2.75) is 18.9 Å². The van der Waals surface area contributed by atoms with Crippen LogP contribution in [0.2, 0.25) is 0 Å². The molecule has 0 radical (unpaired) electrons. The third-order valence-corrected chi connectivity index (χ3v) is 6.67. The molecule has 8 nitrogen and oxygen atoms in total. The summed E-state index contributed by atoms with van der Waals surface area (Å²) < 4.78 is 13.2. The second-order valence-corrected chi connectivity index (χ2v) is 8.84. The number of carbonyl (C=O) groups is 1. The number of fused-ring (bicyclic) bond motifs is 1. The average Bonchev–Trinajstić information content (AvgIpc) is 3.57. The summed E-state index contributed by atoms with van der Waals surface area (Å²) in [6.45, 7) is 3.84. The van der Waals surface area contributed by atoms with Gasteiger partial charge in [-0.15, -0.1) is 0 Å². The molecule has 0 bridgehead atoms. The van der Waals surface area contributed by atoms with Crippen molar-refractivity contribution in [1.29, 1.82) is 0 Å². The van der Waals surface area contributed by atoms with Crippen molar-refractivity contribution in [3.63, 3.8) is 0 Å². The summed E-state index contributed by atoms with van der Waals surface area (Å²) in [6, 6.07) is 19.6. The predicted octanol–water partition coefficient (Wildman–Crippen LogP) is 4.47. The Bertz CT molecular complexity index is 1360. The van der Waals surface area contributed by atoms with Gasteiger partial charge in [-0.05, 0) is 54.3 Å². The number of anilines is 1. The SMILES string of the molecule is O=C(O)c1cc(-c2ccc(N3CCOCC3)cc2)c2c(C3CCCO3)nn(-c3ccccc3)c2n1. The first-order valence-electron chi connectivity index (χ1n) is 12.0. The molecule has 1 N–H and O–H groups in total. The molecule has 1 atom stereocenters. The van der Waals surface area contributed by atoms with Crippen molar-refractivity contribution in [2.75, 3.05) is 37.8 Å². The molecule has 2 aromatic carbocycles. The summed E-state index contributed by atoms with van der Waals surface area (Å²) in [5.41, 5.74) is 4.98. The highest BCUT2D eigenvalue weighted by atomic mass is 16.5. The van der Waals surface area contributed by atoms with Crippen molar-refractivity contribution in [2.24, 2.45) is 0 Å². The number of benzene rings is 2. The summed E-state index contributed by atoms with van der Waals surface area (Å²) in [7, 11) is 0. The number of morpholine rings is 1. The second-order valence-electron chi connectivity index (χ2n) is 8.84. The number of pyridine rings is 1. The first-order chi connectivity index (χ1) is 17.2. The molecule has 4 heterocycles. The highest BCUT2D eigenvalue weighted by molar-refractivity contribution is 6.00. The molecule has 0 spiro atoms. The molecule has 2 saturated heterocycles. The number of carboxylic acid groups (broad SMARTS) is 1. The van der Waals surface area contributed by atoms with Gasteiger partial charge in [0.15, 0.2) is 11.3 Å². The predicted molar refractivity (Wildman–Crippen MR) is 132 cm³/mol. The molecule has 0 amide bonds. The molecule has 2 fully saturated rings. The molecule has 0 saturated carbocycles. The van der Waals surface area contributed by atoms with Crippen LogP contribution in [0.1, 0.15) is 35.1 Å². The molecule has 35 heavy (non-hydrogen) atoms. The van der Waals surface area contributed by atoms with Crippen LogP contribution in [0.25, 0.3) is 27.8 Å². The molecular weight excluding hydrogens is 444 g/mol. The Morgan fingerprint density at radius 2 is 1.74 bits per heavy atom. The Kier molecular flexibility index (Phi) is 5.67. The zero-order chi connectivity index (χ0) is 23.8. The normalized spacial score (nSPS) is 18.3. The van der Waals surface area contributed by atoms with Crippen LogP contribution in [-0.2, 0) is 9.47 Å². The van der Waals surface area contributed by atoms with Gasteiger partial charge in [-0.3, -0.25) is 0 Å². The van der Waals surface area contributed by atoms with Gasteiger partial charge in [-0.1, -0.05) is 30.3 Å². The van der Waals surface area contributed by atoms with E-state index in [4.69, 9.17) is 14.6 Å². The van der Waals surface area contributed by atoms with Gasteiger partial charge < -0.3 is 19.5 Å². The van der Waals surface area contributed by atoms with E-state index < -0.39 is 5.97 Å². The molecular formula is C27H26N4O4. The largest absolute Gasteiger partial charge is 0.477 e. The van der Waals surface area contributed by atoms with E-state index in [1.807, 2.05) is 42.5 Å². The van der Waals surface area contributed by atoms with Gasteiger partial charge in [0.1, 0.15) is 11.8 Å². The lowest BCUT2D eigenvalue weighted by atomic mass is 9.98. The first-order valence-corrected chi connectivity index (χ1v) is 12.0. The van der Waals surface area contributed by atoms with Gasteiger partial charge >= 0.3 is 5.97 Å². The number of aromatic nitrogens is 3. The maximum atomic E-state index is 12.1. The second kappa shape index (κ2) is 9.13. The number of nitrogens with zero attached hydrogens (tertiary/aromatic N) is 4. The number of aromatic carboxylic acids is 1. The Morgan fingerprint density at radius 3 is 2.43 bits per heavy atom. The smallest absolute Gasteiger partial charge is 0.354 e. The molecule has 1 unspecified atom stereocenters. The summed E-state index contributed by atoms with van der Waals surface area (Å²) in [5, 5.41) is 15.6. The number of carboxylic acids is 1. The zero-order valence-electron chi connectivity index (χ0n) is 19.3.